The normalized spacial score (nSPS) is 18.7. The number of carbonyl (C=O) groups is 2. The summed E-state index contributed by atoms with van der Waals surface area (Å²) in [5.74, 6) is -0.263. The fraction of sp³-hybridized carbons (Fsp3) is 0.417. The summed E-state index contributed by atoms with van der Waals surface area (Å²) in [7, 11) is -3.61. The van der Waals surface area contributed by atoms with E-state index >= 15 is 0 Å². The van der Waals surface area contributed by atoms with Crippen LogP contribution in [0, 0.1) is 0 Å². The quantitative estimate of drug-likeness (QED) is 0.701. The zero-order valence-electron chi connectivity index (χ0n) is 18.4. The fourth-order valence-electron chi connectivity index (χ4n) is 4.83. The molecule has 1 aliphatic carbocycles. The van der Waals surface area contributed by atoms with E-state index in [1.165, 1.54) is 32.1 Å². The lowest BCUT2D eigenvalue weighted by Crippen LogP contribution is -2.41. The fourth-order valence-corrected chi connectivity index (χ4v) is 7.28. The number of nitrogens with zero attached hydrogens (tertiary/aromatic N) is 2. The van der Waals surface area contributed by atoms with Crippen LogP contribution in [0.15, 0.2) is 46.2 Å². The summed E-state index contributed by atoms with van der Waals surface area (Å²) < 4.78 is 27.6. The number of hydrogen-bond donors (Lipinski definition) is 1. The third-order valence-electron chi connectivity index (χ3n) is 6.55. The molecule has 2 amide bonds. The van der Waals surface area contributed by atoms with Crippen molar-refractivity contribution in [1.29, 1.82) is 0 Å². The van der Waals surface area contributed by atoms with Gasteiger partial charge in [-0.2, -0.15) is 4.31 Å². The van der Waals surface area contributed by atoms with Crippen molar-refractivity contribution < 1.29 is 18.0 Å². The number of thioether (sulfide) groups is 1. The number of fused-ring (bicyclic) bond motifs is 2. The molecule has 3 aliphatic rings. The van der Waals surface area contributed by atoms with Crippen molar-refractivity contribution in [3.63, 3.8) is 0 Å². The molecule has 0 spiro atoms. The van der Waals surface area contributed by atoms with E-state index in [-0.39, 0.29) is 29.0 Å². The van der Waals surface area contributed by atoms with Gasteiger partial charge in [0, 0.05) is 23.7 Å². The van der Waals surface area contributed by atoms with E-state index in [0.717, 1.165) is 49.1 Å². The summed E-state index contributed by atoms with van der Waals surface area (Å²) in [6.45, 7) is 0.879. The number of carbonyl (C=O) groups excluding carboxylic acids is 2. The molecule has 2 aromatic rings. The van der Waals surface area contributed by atoms with Crippen LogP contribution in [-0.2, 0) is 32.5 Å². The van der Waals surface area contributed by atoms with Crippen molar-refractivity contribution in [2.45, 2.75) is 48.3 Å². The molecule has 2 aliphatic heterocycles. The van der Waals surface area contributed by atoms with E-state index in [2.05, 4.69) is 11.4 Å². The molecule has 0 saturated carbocycles. The van der Waals surface area contributed by atoms with Gasteiger partial charge in [0.2, 0.25) is 21.8 Å². The predicted molar refractivity (Wildman–Crippen MR) is 129 cm³/mol. The second kappa shape index (κ2) is 9.12. The van der Waals surface area contributed by atoms with Crippen molar-refractivity contribution in [2.24, 2.45) is 0 Å². The highest BCUT2D eigenvalue weighted by Gasteiger charge is 2.32. The number of rotatable bonds is 5. The Morgan fingerprint density at radius 2 is 1.82 bits per heavy atom. The Hall–Kier alpha value is -2.36. The van der Waals surface area contributed by atoms with Gasteiger partial charge >= 0.3 is 0 Å². The largest absolute Gasteiger partial charge is 0.324 e. The summed E-state index contributed by atoms with van der Waals surface area (Å²) in [5, 5.41) is 2.99. The van der Waals surface area contributed by atoms with Crippen LogP contribution in [-0.4, -0.2) is 49.9 Å². The molecule has 1 fully saturated rings. The van der Waals surface area contributed by atoms with Gasteiger partial charge in [-0.05, 0) is 73.9 Å². The van der Waals surface area contributed by atoms with Gasteiger partial charge in [-0.25, -0.2) is 8.42 Å². The highest BCUT2D eigenvalue weighted by Crippen LogP contribution is 2.38. The topological polar surface area (TPSA) is 86.8 Å². The maximum Gasteiger partial charge on any atom is 0.244 e. The highest BCUT2D eigenvalue weighted by molar-refractivity contribution is 8.00. The number of benzene rings is 2. The second-order valence-electron chi connectivity index (χ2n) is 8.71. The molecule has 2 heterocycles. The molecular formula is C24H27N3O4S2. The Bertz CT molecular complexity index is 1210. The average molecular weight is 486 g/mol. The first-order valence-corrected chi connectivity index (χ1v) is 13.8. The number of nitrogens with one attached hydrogen (secondary N) is 1. The molecule has 174 valence electrons. The van der Waals surface area contributed by atoms with E-state index in [1.54, 1.807) is 18.2 Å². The van der Waals surface area contributed by atoms with Gasteiger partial charge in [0.05, 0.1) is 16.3 Å². The molecule has 0 bridgehead atoms. The minimum Gasteiger partial charge on any atom is -0.324 e. The van der Waals surface area contributed by atoms with Crippen LogP contribution < -0.4 is 10.2 Å². The summed E-state index contributed by atoms with van der Waals surface area (Å²) >= 11 is 1.37. The lowest BCUT2D eigenvalue weighted by molar-refractivity contribution is -0.120. The Morgan fingerprint density at radius 1 is 1.03 bits per heavy atom. The zero-order chi connectivity index (χ0) is 23.0. The molecule has 9 heteroatoms. The molecule has 1 N–H and O–H groups in total. The van der Waals surface area contributed by atoms with E-state index in [9.17, 15) is 18.0 Å². The minimum absolute atomic E-state index is 0.150. The van der Waals surface area contributed by atoms with Gasteiger partial charge in [0.15, 0.2) is 0 Å². The molecular weight excluding hydrogens is 458 g/mol. The highest BCUT2D eigenvalue weighted by atomic mass is 32.2. The monoisotopic (exact) mass is 485 g/mol. The standard InChI is InChI=1S/C24H27N3O4S2/c28-23(25-20-9-5-7-17-6-1-2-8-19(17)20)15-27-21-14-18(10-11-22(21)32-16-24(27)29)33(30,31)26-12-3-4-13-26/h5,7,9-11,14H,1-4,6,8,12-13,15-16H2,(H,25,28). The summed E-state index contributed by atoms with van der Waals surface area (Å²) in [4.78, 5) is 28.1. The van der Waals surface area contributed by atoms with Gasteiger partial charge in [0.25, 0.3) is 0 Å². The third-order valence-corrected chi connectivity index (χ3v) is 9.49. The molecule has 0 aromatic heterocycles. The lowest BCUT2D eigenvalue weighted by atomic mass is 9.90. The van der Waals surface area contributed by atoms with Crippen molar-refractivity contribution in [1.82, 2.24) is 4.31 Å². The van der Waals surface area contributed by atoms with Crippen LogP contribution in [0.2, 0.25) is 0 Å². The Labute approximate surface area is 198 Å². The Kier molecular flexibility index (Phi) is 6.20. The van der Waals surface area contributed by atoms with E-state index in [0.29, 0.717) is 18.8 Å². The molecule has 0 atom stereocenters. The lowest BCUT2D eigenvalue weighted by Gasteiger charge is -2.29. The van der Waals surface area contributed by atoms with Crippen molar-refractivity contribution in [2.75, 3.05) is 35.6 Å². The van der Waals surface area contributed by atoms with Crippen LogP contribution in [0.4, 0.5) is 11.4 Å². The average Bonchev–Trinajstić information content (AvgIpc) is 3.37. The molecule has 33 heavy (non-hydrogen) atoms. The predicted octanol–water partition coefficient (Wildman–Crippen LogP) is 3.43. The summed E-state index contributed by atoms with van der Waals surface area (Å²) in [5.41, 5.74) is 3.74. The summed E-state index contributed by atoms with van der Waals surface area (Å²) in [6, 6.07) is 10.9. The SMILES string of the molecule is O=C(CN1C(=O)CSc2ccc(S(=O)(=O)N3CCCC3)cc21)Nc1cccc2c1CCCC2. The van der Waals surface area contributed by atoms with E-state index in [1.807, 2.05) is 12.1 Å². The molecule has 5 rings (SSSR count). The Balaban J connectivity index is 1.39. The number of aryl methyl sites for hydroxylation is 1. The van der Waals surface area contributed by atoms with Crippen LogP contribution in [0.3, 0.4) is 0 Å². The molecule has 1 saturated heterocycles. The Morgan fingerprint density at radius 3 is 2.64 bits per heavy atom. The number of hydrogen-bond acceptors (Lipinski definition) is 5. The smallest absolute Gasteiger partial charge is 0.244 e. The van der Waals surface area contributed by atoms with Crippen LogP contribution in [0.1, 0.15) is 36.8 Å². The van der Waals surface area contributed by atoms with Crippen LogP contribution in [0.5, 0.6) is 0 Å². The first-order chi connectivity index (χ1) is 15.9. The van der Waals surface area contributed by atoms with Crippen molar-refractivity contribution in [3.05, 3.63) is 47.5 Å². The van der Waals surface area contributed by atoms with Crippen molar-refractivity contribution in [3.8, 4) is 0 Å². The molecule has 7 nitrogen and oxygen atoms in total. The van der Waals surface area contributed by atoms with Gasteiger partial charge < -0.3 is 10.2 Å². The number of sulfonamides is 1. The van der Waals surface area contributed by atoms with Crippen molar-refractivity contribution >= 4 is 45.0 Å². The van der Waals surface area contributed by atoms with Gasteiger partial charge in [-0.3, -0.25) is 9.59 Å². The van der Waals surface area contributed by atoms with Gasteiger partial charge in [0.1, 0.15) is 6.54 Å². The van der Waals surface area contributed by atoms with Crippen LogP contribution >= 0.6 is 11.8 Å². The summed E-state index contributed by atoms with van der Waals surface area (Å²) in [6.07, 6.45) is 5.92. The van der Waals surface area contributed by atoms with E-state index in [4.69, 9.17) is 0 Å². The van der Waals surface area contributed by atoms with Gasteiger partial charge in [-0.1, -0.05) is 12.1 Å². The third kappa shape index (κ3) is 4.41. The van der Waals surface area contributed by atoms with Gasteiger partial charge in [-0.15, -0.1) is 11.8 Å². The zero-order valence-corrected chi connectivity index (χ0v) is 20.0. The molecule has 0 radical (unpaired) electrons. The maximum absolute atomic E-state index is 13.0. The maximum atomic E-state index is 13.0. The molecule has 0 unspecified atom stereocenters. The number of anilines is 2. The number of amides is 2. The first kappa shape index (κ1) is 22.4. The molecule has 2 aromatic carbocycles. The van der Waals surface area contributed by atoms with Crippen LogP contribution in [0.25, 0.3) is 0 Å². The second-order valence-corrected chi connectivity index (χ2v) is 11.7. The van der Waals surface area contributed by atoms with E-state index < -0.39 is 10.0 Å². The minimum atomic E-state index is -3.61. The first-order valence-electron chi connectivity index (χ1n) is 11.4.